The molecule has 1 aliphatic heterocycles. The van der Waals surface area contributed by atoms with Crippen LogP contribution in [0.2, 0.25) is 0 Å². The van der Waals surface area contributed by atoms with Crippen LogP contribution in [-0.2, 0) is 11.2 Å². The van der Waals surface area contributed by atoms with Crippen molar-refractivity contribution in [3.05, 3.63) is 84.2 Å². The second kappa shape index (κ2) is 8.75. The lowest BCUT2D eigenvalue weighted by Crippen LogP contribution is -2.49. The predicted octanol–water partition coefficient (Wildman–Crippen LogP) is 3.89. The highest BCUT2D eigenvalue weighted by Gasteiger charge is 2.24. The molecular formula is C26H25N5O. The zero-order valence-electron chi connectivity index (χ0n) is 18.1. The van der Waals surface area contributed by atoms with E-state index in [4.69, 9.17) is 9.97 Å². The average molecular weight is 424 g/mol. The maximum atomic E-state index is 12.8. The Morgan fingerprint density at radius 2 is 1.69 bits per heavy atom. The minimum absolute atomic E-state index is 0.178. The lowest BCUT2D eigenvalue weighted by Gasteiger charge is -2.36. The van der Waals surface area contributed by atoms with Crippen molar-refractivity contribution in [1.82, 2.24) is 19.9 Å². The van der Waals surface area contributed by atoms with Gasteiger partial charge in [-0.1, -0.05) is 42.0 Å². The summed E-state index contributed by atoms with van der Waals surface area (Å²) < 4.78 is 0. The summed E-state index contributed by atoms with van der Waals surface area (Å²) >= 11 is 0. The highest BCUT2D eigenvalue weighted by atomic mass is 16.2. The van der Waals surface area contributed by atoms with Crippen molar-refractivity contribution < 1.29 is 4.79 Å². The zero-order valence-corrected chi connectivity index (χ0v) is 18.1. The molecule has 1 aliphatic rings. The summed E-state index contributed by atoms with van der Waals surface area (Å²) in [5.41, 5.74) is 4.07. The van der Waals surface area contributed by atoms with Crippen molar-refractivity contribution >= 4 is 22.6 Å². The monoisotopic (exact) mass is 423 g/mol. The molecule has 0 N–H and O–H groups in total. The Hall–Kier alpha value is -3.80. The van der Waals surface area contributed by atoms with Gasteiger partial charge in [0.2, 0.25) is 5.91 Å². The number of carbonyl (C=O) groups is 1. The van der Waals surface area contributed by atoms with Gasteiger partial charge in [-0.15, -0.1) is 0 Å². The van der Waals surface area contributed by atoms with Crippen LogP contribution in [0, 0.1) is 6.92 Å². The first-order chi connectivity index (χ1) is 15.7. The Labute approximate surface area is 187 Å². The van der Waals surface area contributed by atoms with Gasteiger partial charge in [0.25, 0.3) is 0 Å². The number of aromatic nitrogens is 3. The van der Waals surface area contributed by atoms with Crippen LogP contribution < -0.4 is 4.90 Å². The molecule has 0 aliphatic carbocycles. The second-order valence-electron chi connectivity index (χ2n) is 8.16. The minimum atomic E-state index is 0.178. The van der Waals surface area contributed by atoms with E-state index < -0.39 is 0 Å². The van der Waals surface area contributed by atoms with Crippen molar-refractivity contribution in [3.63, 3.8) is 0 Å². The van der Waals surface area contributed by atoms with Gasteiger partial charge in [0.1, 0.15) is 5.82 Å². The van der Waals surface area contributed by atoms with Crippen LogP contribution in [0.3, 0.4) is 0 Å². The summed E-state index contributed by atoms with van der Waals surface area (Å²) in [5.74, 6) is 1.77. The number of piperazine rings is 1. The molecule has 5 rings (SSSR count). The third-order valence-electron chi connectivity index (χ3n) is 5.91. The van der Waals surface area contributed by atoms with E-state index in [1.165, 1.54) is 5.56 Å². The van der Waals surface area contributed by atoms with E-state index in [-0.39, 0.29) is 5.91 Å². The smallest absolute Gasteiger partial charge is 0.227 e. The van der Waals surface area contributed by atoms with Crippen LogP contribution in [-0.4, -0.2) is 51.9 Å². The van der Waals surface area contributed by atoms with Gasteiger partial charge in [-0.25, -0.2) is 9.97 Å². The number of anilines is 1. The van der Waals surface area contributed by atoms with Crippen LogP contribution in [0.4, 0.5) is 5.82 Å². The molecule has 0 atom stereocenters. The highest BCUT2D eigenvalue weighted by molar-refractivity contribution is 5.91. The SMILES string of the molecule is Cc1ccc(CC(=O)N2CCN(c3nc(-c4cccnc4)nc4ccccc34)CC2)cc1. The summed E-state index contributed by atoms with van der Waals surface area (Å²) in [6.45, 7) is 4.91. The molecule has 3 heterocycles. The number of rotatable bonds is 4. The second-order valence-corrected chi connectivity index (χ2v) is 8.16. The number of hydrogen-bond acceptors (Lipinski definition) is 5. The molecule has 6 nitrogen and oxygen atoms in total. The number of hydrogen-bond donors (Lipinski definition) is 0. The Morgan fingerprint density at radius 3 is 2.44 bits per heavy atom. The summed E-state index contributed by atoms with van der Waals surface area (Å²) in [6, 6.07) is 20.1. The minimum Gasteiger partial charge on any atom is -0.352 e. The largest absolute Gasteiger partial charge is 0.352 e. The van der Waals surface area contributed by atoms with E-state index in [0.717, 1.165) is 40.9 Å². The Kier molecular flexibility index (Phi) is 5.50. The number of aryl methyl sites for hydroxylation is 1. The molecule has 6 heteroatoms. The normalized spacial score (nSPS) is 14.0. The van der Waals surface area contributed by atoms with Gasteiger partial charge in [-0.2, -0.15) is 0 Å². The fraction of sp³-hybridized carbons (Fsp3) is 0.231. The lowest BCUT2D eigenvalue weighted by atomic mass is 10.1. The lowest BCUT2D eigenvalue weighted by molar-refractivity contribution is -0.130. The van der Waals surface area contributed by atoms with Crippen LogP contribution >= 0.6 is 0 Å². The molecule has 0 spiro atoms. The van der Waals surface area contributed by atoms with Gasteiger partial charge in [-0.05, 0) is 36.8 Å². The summed E-state index contributed by atoms with van der Waals surface area (Å²) in [5, 5.41) is 1.03. The molecule has 2 aromatic heterocycles. The van der Waals surface area contributed by atoms with Crippen LogP contribution in [0.25, 0.3) is 22.3 Å². The van der Waals surface area contributed by atoms with Crippen LogP contribution in [0.15, 0.2) is 73.1 Å². The first-order valence-electron chi connectivity index (χ1n) is 10.9. The van der Waals surface area contributed by atoms with Gasteiger partial charge in [0, 0.05) is 49.5 Å². The first-order valence-corrected chi connectivity index (χ1v) is 10.9. The quantitative estimate of drug-likeness (QED) is 0.498. The molecule has 1 fully saturated rings. The van der Waals surface area contributed by atoms with E-state index in [2.05, 4.69) is 35.0 Å². The van der Waals surface area contributed by atoms with Gasteiger partial charge < -0.3 is 9.80 Å². The summed E-state index contributed by atoms with van der Waals surface area (Å²) in [7, 11) is 0. The maximum Gasteiger partial charge on any atom is 0.227 e. The van der Waals surface area contributed by atoms with Crippen molar-refractivity contribution in [3.8, 4) is 11.4 Å². The molecule has 0 bridgehead atoms. The zero-order chi connectivity index (χ0) is 21.9. The van der Waals surface area contributed by atoms with Gasteiger partial charge in [0.15, 0.2) is 5.82 Å². The van der Waals surface area contributed by atoms with E-state index in [9.17, 15) is 4.79 Å². The standard InChI is InChI=1S/C26H25N5O/c1-19-8-10-20(11-9-19)17-24(32)30-13-15-31(16-14-30)26-22-6-2-3-7-23(22)28-25(29-26)21-5-4-12-27-18-21/h2-12,18H,13-17H2,1H3. The van der Waals surface area contributed by atoms with Gasteiger partial charge in [-0.3, -0.25) is 9.78 Å². The summed E-state index contributed by atoms with van der Waals surface area (Å²) in [6.07, 6.45) is 3.98. The number of para-hydroxylation sites is 1. The molecule has 1 saturated heterocycles. The van der Waals surface area contributed by atoms with E-state index in [0.29, 0.717) is 25.3 Å². The van der Waals surface area contributed by atoms with Crippen molar-refractivity contribution in [2.45, 2.75) is 13.3 Å². The third kappa shape index (κ3) is 4.17. The van der Waals surface area contributed by atoms with Gasteiger partial charge >= 0.3 is 0 Å². The molecular weight excluding hydrogens is 398 g/mol. The Balaban J connectivity index is 1.35. The van der Waals surface area contributed by atoms with E-state index in [1.807, 2.05) is 47.4 Å². The molecule has 32 heavy (non-hydrogen) atoms. The maximum absolute atomic E-state index is 12.8. The third-order valence-corrected chi connectivity index (χ3v) is 5.91. The van der Waals surface area contributed by atoms with Crippen LogP contribution in [0.1, 0.15) is 11.1 Å². The number of benzene rings is 2. The van der Waals surface area contributed by atoms with Crippen molar-refractivity contribution in [2.24, 2.45) is 0 Å². The topological polar surface area (TPSA) is 62.2 Å². The number of amides is 1. The highest BCUT2D eigenvalue weighted by Crippen LogP contribution is 2.28. The number of fused-ring (bicyclic) bond motifs is 1. The van der Waals surface area contributed by atoms with E-state index in [1.54, 1.807) is 12.4 Å². The number of pyridine rings is 1. The molecule has 0 radical (unpaired) electrons. The fourth-order valence-electron chi connectivity index (χ4n) is 4.09. The molecule has 0 saturated carbocycles. The van der Waals surface area contributed by atoms with Crippen molar-refractivity contribution in [2.75, 3.05) is 31.1 Å². The first kappa shape index (κ1) is 20.1. The van der Waals surface area contributed by atoms with E-state index >= 15 is 0 Å². The molecule has 0 unspecified atom stereocenters. The van der Waals surface area contributed by atoms with Crippen LogP contribution in [0.5, 0.6) is 0 Å². The average Bonchev–Trinajstić information content (AvgIpc) is 2.85. The molecule has 2 aromatic carbocycles. The predicted molar refractivity (Wildman–Crippen MR) is 126 cm³/mol. The Morgan fingerprint density at radius 1 is 0.906 bits per heavy atom. The number of nitrogens with zero attached hydrogens (tertiary/aromatic N) is 5. The fourth-order valence-corrected chi connectivity index (χ4v) is 4.09. The number of carbonyl (C=O) groups excluding carboxylic acids is 1. The summed E-state index contributed by atoms with van der Waals surface area (Å²) in [4.78, 5) is 30.9. The van der Waals surface area contributed by atoms with Crippen molar-refractivity contribution in [1.29, 1.82) is 0 Å². The molecule has 160 valence electrons. The Bertz CT molecular complexity index is 1230. The molecule has 1 amide bonds. The van der Waals surface area contributed by atoms with Gasteiger partial charge in [0.05, 0.1) is 11.9 Å². The molecule has 4 aromatic rings.